The van der Waals surface area contributed by atoms with Crippen molar-refractivity contribution in [3.8, 4) is 5.75 Å². The van der Waals surface area contributed by atoms with E-state index in [4.69, 9.17) is 40.2 Å². The van der Waals surface area contributed by atoms with Crippen molar-refractivity contribution in [3.05, 3.63) is 63.0 Å². The van der Waals surface area contributed by atoms with E-state index in [1.807, 2.05) is 18.2 Å². The fourth-order valence-electron chi connectivity index (χ4n) is 2.22. The van der Waals surface area contributed by atoms with Crippen LogP contribution >= 0.6 is 47.2 Å². The Balaban J connectivity index is 1.95. The molecule has 3 nitrogen and oxygen atoms in total. The van der Waals surface area contributed by atoms with Gasteiger partial charge in [-0.05, 0) is 35.9 Å². The number of amides is 1. The quantitative estimate of drug-likeness (QED) is 0.513. The van der Waals surface area contributed by atoms with Gasteiger partial charge >= 0.3 is 0 Å². The predicted molar refractivity (Wildman–Crippen MR) is 105 cm³/mol. The fourth-order valence-corrected chi connectivity index (χ4v) is 3.95. The zero-order valence-corrected chi connectivity index (χ0v) is 15.6. The fraction of sp³-hybridized carbons (Fsp3) is 0.0588. The first-order valence-corrected chi connectivity index (χ1v) is 8.85. The lowest BCUT2D eigenvalue weighted by atomic mass is 10.2. The van der Waals surface area contributed by atoms with Gasteiger partial charge in [0.05, 0.1) is 22.7 Å². The number of thiocarbonyl (C=S) groups is 1. The number of hydrogen-bond donors (Lipinski definition) is 0. The summed E-state index contributed by atoms with van der Waals surface area (Å²) in [6, 6.07) is 12.4. The van der Waals surface area contributed by atoms with Crippen LogP contribution in [-0.2, 0) is 4.79 Å². The topological polar surface area (TPSA) is 29.5 Å². The predicted octanol–water partition coefficient (Wildman–Crippen LogP) is 5.41. The lowest BCUT2D eigenvalue weighted by Crippen LogP contribution is -2.27. The van der Waals surface area contributed by atoms with Gasteiger partial charge in [0, 0.05) is 5.02 Å². The number of benzene rings is 2. The number of carbonyl (C=O) groups is 1. The molecule has 2 aromatic rings. The standard InChI is InChI=1S/C17H11Cl2NO2S2/c1-22-14-7-6-11(9-13(14)19)20-16(21)15(24-17(20)23)8-10-4-2-3-5-12(10)18/h2-9H,1H3/b15-8+. The van der Waals surface area contributed by atoms with Gasteiger partial charge in [0.25, 0.3) is 5.91 Å². The number of anilines is 1. The lowest BCUT2D eigenvalue weighted by Gasteiger charge is -2.15. The highest BCUT2D eigenvalue weighted by Crippen LogP contribution is 2.38. The molecule has 0 unspecified atom stereocenters. The highest BCUT2D eigenvalue weighted by atomic mass is 35.5. The number of rotatable bonds is 3. The van der Waals surface area contributed by atoms with E-state index in [1.165, 1.54) is 23.8 Å². The van der Waals surface area contributed by atoms with E-state index in [-0.39, 0.29) is 5.91 Å². The van der Waals surface area contributed by atoms with Crippen molar-refractivity contribution in [2.45, 2.75) is 0 Å². The SMILES string of the molecule is COc1ccc(N2C(=O)/C(=C\c3ccccc3Cl)SC2=S)cc1Cl. The van der Waals surface area contributed by atoms with E-state index >= 15 is 0 Å². The van der Waals surface area contributed by atoms with Gasteiger partial charge in [0.1, 0.15) is 5.75 Å². The molecule has 0 bridgehead atoms. The molecule has 0 saturated carbocycles. The van der Waals surface area contributed by atoms with Crippen molar-refractivity contribution in [2.75, 3.05) is 12.0 Å². The van der Waals surface area contributed by atoms with Crippen LogP contribution in [0.3, 0.4) is 0 Å². The molecule has 0 atom stereocenters. The molecule has 122 valence electrons. The summed E-state index contributed by atoms with van der Waals surface area (Å²) in [6.07, 6.45) is 1.74. The van der Waals surface area contributed by atoms with Crippen molar-refractivity contribution < 1.29 is 9.53 Å². The van der Waals surface area contributed by atoms with Gasteiger partial charge < -0.3 is 4.74 Å². The summed E-state index contributed by atoms with van der Waals surface area (Å²) in [7, 11) is 1.53. The van der Waals surface area contributed by atoms with Crippen LogP contribution in [0.15, 0.2) is 47.4 Å². The highest BCUT2D eigenvalue weighted by molar-refractivity contribution is 8.27. The first kappa shape index (κ1) is 17.3. The van der Waals surface area contributed by atoms with Gasteiger partial charge in [0.15, 0.2) is 4.32 Å². The zero-order chi connectivity index (χ0) is 17.3. The van der Waals surface area contributed by atoms with E-state index in [0.29, 0.717) is 30.7 Å². The summed E-state index contributed by atoms with van der Waals surface area (Å²) in [6.45, 7) is 0. The maximum absolute atomic E-state index is 12.7. The van der Waals surface area contributed by atoms with E-state index < -0.39 is 0 Å². The molecular weight excluding hydrogens is 385 g/mol. The molecule has 1 heterocycles. The maximum atomic E-state index is 12.7. The molecule has 7 heteroatoms. The minimum absolute atomic E-state index is 0.203. The summed E-state index contributed by atoms with van der Waals surface area (Å²) >= 11 is 18.9. The van der Waals surface area contributed by atoms with Crippen LogP contribution in [0.2, 0.25) is 10.0 Å². The zero-order valence-electron chi connectivity index (χ0n) is 12.5. The normalized spacial score (nSPS) is 16.1. The van der Waals surface area contributed by atoms with Gasteiger partial charge in [0.2, 0.25) is 0 Å². The van der Waals surface area contributed by atoms with Crippen molar-refractivity contribution >= 4 is 69.2 Å². The molecule has 0 N–H and O–H groups in total. The van der Waals surface area contributed by atoms with Crippen molar-refractivity contribution in [3.63, 3.8) is 0 Å². The van der Waals surface area contributed by atoms with Gasteiger partial charge in [-0.3, -0.25) is 9.69 Å². The molecular formula is C17H11Cl2NO2S2. The monoisotopic (exact) mass is 395 g/mol. The number of carbonyl (C=O) groups excluding carboxylic acids is 1. The van der Waals surface area contributed by atoms with Crippen molar-refractivity contribution in [1.82, 2.24) is 0 Å². The second-order valence-electron chi connectivity index (χ2n) is 4.86. The Kier molecular flexibility index (Phi) is 5.15. The molecule has 1 amide bonds. The van der Waals surface area contributed by atoms with Crippen LogP contribution in [0.1, 0.15) is 5.56 Å². The molecule has 1 aliphatic rings. The molecule has 1 saturated heterocycles. The first-order valence-electron chi connectivity index (χ1n) is 6.87. The van der Waals surface area contributed by atoms with E-state index in [2.05, 4.69) is 0 Å². The first-order chi connectivity index (χ1) is 11.5. The van der Waals surface area contributed by atoms with Crippen LogP contribution in [0.25, 0.3) is 6.08 Å². The number of halogens is 2. The van der Waals surface area contributed by atoms with Crippen molar-refractivity contribution in [2.24, 2.45) is 0 Å². The Morgan fingerprint density at radius 2 is 1.92 bits per heavy atom. The number of hydrogen-bond acceptors (Lipinski definition) is 4. The molecule has 3 rings (SSSR count). The van der Waals surface area contributed by atoms with Crippen LogP contribution in [0.4, 0.5) is 5.69 Å². The Morgan fingerprint density at radius 1 is 1.17 bits per heavy atom. The van der Waals surface area contributed by atoms with Crippen molar-refractivity contribution in [1.29, 1.82) is 0 Å². The Hall–Kier alpha value is -1.53. The second kappa shape index (κ2) is 7.15. The van der Waals surface area contributed by atoms with Crippen LogP contribution in [0, 0.1) is 0 Å². The minimum Gasteiger partial charge on any atom is -0.495 e. The third-order valence-corrected chi connectivity index (χ3v) is 5.32. The van der Waals surface area contributed by atoms with Gasteiger partial charge in [-0.25, -0.2) is 0 Å². The number of thioether (sulfide) groups is 1. The summed E-state index contributed by atoms with van der Waals surface area (Å²) < 4.78 is 5.57. The number of nitrogens with zero attached hydrogens (tertiary/aromatic N) is 1. The summed E-state index contributed by atoms with van der Waals surface area (Å²) in [5, 5.41) is 0.995. The van der Waals surface area contributed by atoms with E-state index in [1.54, 1.807) is 30.3 Å². The number of ether oxygens (including phenoxy) is 1. The molecule has 0 radical (unpaired) electrons. The molecule has 1 fully saturated rings. The number of methoxy groups -OCH3 is 1. The Bertz CT molecular complexity index is 867. The van der Waals surface area contributed by atoms with E-state index in [0.717, 1.165) is 5.56 Å². The molecule has 0 spiro atoms. The largest absolute Gasteiger partial charge is 0.495 e. The molecule has 0 aliphatic carbocycles. The average Bonchev–Trinajstić information content (AvgIpc) is 2.83. The highest BCUT2D eigenvalue weighted by Gasteiger charge is 2.33. The minimum atomic E-state index is -0.203. The Labute approximate surface area is 159 Å². The third kappa shape index (κ3) is 3.30. The molecule has 24 heavy (non-hydrogen) atoms. The average molecular weight is 396 g/mol. The van der Waals surface area contributed by atoms with Crippen LogP contribution < -0.4 is 9.64 Å². The Morgan fingerprint density at radius 3 is 2.58 bits per heavy atom. The van der Waals surface area contributed by atoms with Crippen LogP contribution in [0.5, 0.6) is 5.75 Å². The van der Waals surface area contributed by atoms with Gasteiger partial charge in [-0.15, -0.1) is 0 Å². The molecule has 2 aromatic carbocycles. The summed E-state index contributed by atoms with van der Waals surface area (Å²) in [4.78, 5) is 14.7. The maximum Gasteiger partial charge on any atom is 0.270 e. The smallest absolute Gasteiger partial charge is 0.270 e. The molecule has 1 aliphatic heterocycles. The van der Waals surface area contributed by atoms with Gasteiger partial charge in [-0.1, -0.05) is 65.4 Å². The second-order valence-corrected chi connectivity index (χ2v) is 7.35. The lowest BCUT2D eigenvalue weighted by molar-refractivity contribution is -0.113. The van der Waals surface area contributed by atoms with Crippen LogP contribution in [-0.4, -0.2) is 17.3 Å². The van der Waals surface area contributed by atoms with Gasteiger partial charge in [-0.2, -0.15) is 0 Å². The summed E-state index contributed by atoms with van der Waals surface area (Å²) in [5.41, 5.74) is 1.37. The molecule has 0 aromatic heterocycles. The van der Waals surface area contributed by atoms with E-state index in [9.17, 15) is 4.79 Å². The summed E-state index contributed by atoms with van der Waals surface area (Å²) in [5.74, 6) is 0.337. The third-order valence-electron chi connectivity index (χ3n) is 3.38.